The zero-order chi connectivity index (χ0) is 19.6. The maximum atomic E-state index is 11.8. The lowest BCUT2D eigenvalue weighted by Crippen LogP contribution is -2.48. The molecule has 0 aliphatic heterocycles. The smallest absolute Gasteiger partial charge is 0.250 e. The number of fused-ring (bicyclic) bond motifs is 1. The third kappa shape index (κ3) is 3.06. The number of para-hydroxylation sites is 2. The number of nitrogens with two attached hydrogens (primary N) is 2. The quantitative estimate of drug-likeness (QED) is 0.692. The monoisotopic (exact) mass is 365 g/mol. The summed E-state index contributed by atoms with van der Waals surface area (Å²) in [4.78, 5) is 22.5. The number of carbonyl (C=O) groups is 1. The summed E-state index contributed by atoms with van der Waals surface area (Å²) in [5.74, 6) is 0.870. The summed E-state index contributed by atoms with van der Waals surface area (Å²) >= 11 is 0. The Balaban J connectivity index is 2.21. The molecule has 3 aromatic rings. The summed E-state index contributed by atoms with van der Waals surface area (Å²) in [5.41, 5.74) is 12.9. The first-order chi connectivity index (χ1) is 12.9. The van der Waals surface area contributed by atoms with E-state index in [1.807, 2.05) is 49.2 Å². The maximum Gasteiger partial charge on any atom is 0.250 e. The van der Waals surface area contributed by atoms with Gasteiger partial charge in [0, 0.05) is 24.5 Å². The molecule has 0 aliphatic carbocycles. The lowest BCUT2D eigenvalue weighted by atomic mass is 9.89. The van der Waals surface area contributed by atoms with Gasteiger partial charge in [-0.3, -0.25) is 4.79 Å². The minimum atomic E-state index is -0.601. The molecule has 1 unspecified atom stereocenters. The van der Waals surface area contributed by atoms with Crippen LogP contribution in [0.25, 0.3) is 10.9 Å². The Morgan fingerprint density at radius 3 is 2.59 bits per heavy atom. The number of ether oxygens (including phenoxy) is 1. The highest BCUT2D eigenvalue weighted by Crippen LogP contribution is 2.37. The molecular formula is C20H23N5O2. The van der Waals surface area contributed by atoms with E-state index in [-0.39, 0.29) is 0 Å². The van der Waals surface area contributed by atoms with Crippen LogP contribution in [0.3, 0.4) is 0 Å². The summed E-state index contributed by atoms with van der Waals surface area (Å²) in [6.07, 6.45) is 1.43. The Morgan fingerprint density at radius 2 is 1.93 bits per heavy atom. The average molecular weight is 365 g/mol. The van der Waals surface area contributed by atoms with Gasteiger partial charge in [-0.25, -0.2) is 9.97 Å². The van der Waals surface area contributed by atoms with Gasteiger partial charge in [0.05, 0.1) is 23.7 Å². The number of anilines is 1. The van der Waals surface area contributed by atoms with Crippen molar-refractivity contribution in [3.05, 3.63) is 59.9 Å². The maximum absolute atomic E-state index is 11.8. The number of aromatic nitrogens is 2. The third-order valence-corrected chi connectivity index (χ3v) is 5.05. The molecular weight excluding hydrogens is 342 g/mol. The van der Waals surface area contributed by atoms with Gasteiger partial charge in [0.25, 0.3) is 5.91 Å². The second kappa shape index (κ2) is 7.20. The molecule has 0 fully saturated rings. The third-order valence-electron chi connectivity index (χ3n) is 5.05. The summed E-state index contributed by atoms with van der Waals surface area (Å²) < 4.78 is 5.54. The van der Waals surface area contributed by atoms with Crippen molar-refractivity contribution >= 4 is 22.6 Å². The highest BCUT2D eigenvalue weighted by Gasteiger charge is 2.34. The Bertz CT molecular complexity index is 991. The van der Waals surface area contributed by atoms with Crippen LogP contribution in [0.1, 0.15) is 22.8 Å². The molecule has 0 saturated heterocycles. The van der Waals surface area contributed by atoms with E-state index >= 15 is 0 Å². The molecule has 1 heterocycles. The van der Waals surface area contributed by atoms with Gasteiger partial charge in [-0.15, -0.1) is 0 Å². The molecule has 27 heavy (non-hydrogen) atoms. The lowest BCUT2D eigenvalue weighted by Gasteiger charge is -2.40. The van der Waals surface area contributed by atoms with Crippen molar-refractivity contribution in [3.63, 3.8) is 0 Å². The van der Waals surface area contributed by atoms with Gasteiger partial charge < -0.3 is 21.1 Å². The second-order valence-electron chi connectivity index (χ2n) is 6.50. The van der Waals surface area contributed by atoms with E-state index in [0.29, 0.717) is 23.4 Å². The Kier molecular flexibility index (Phi) is 4.96. The Morgan fingerprint density at radius 1 is 1.19 bits per heavy atom. The van der Waals surface area contributed by atoms with Crippen LogP contribution in [0.2, 0.25) is 0 Å². The molecule has 2 aromatic carbocycles. The van der Waals surface area contributed by atoms with Gasteiger partial charge in [0.15, 0.2) is 0 Å². The minimum absolute atomic E-state index is 0.324. The first-order valence-corrected chi connectivity index (χ1v) is 8.55. The number of primary amides is 1. The van der Waals surface area contributed by atoms with E-state index in [1.54, 1.807) is 19.2 Å². The minimum Gasteiger partial charge on any atom is -0.496 e. The first kappa shape index (κ1) is 18.6. The summed E-state index contributed by atoms with van der Waals surface area (Å²) in [5, 5.41) is 0.728. The van der Waals surface area contributed by atoms with E-state index in [4.69, 9.17) is 16.2 Å². The zero-order valence-electron chi connectivity index (χ0n) is 15.6. The van der Waals surface area contributed by atoms with Crippen LogP contribution in [0.5, 0.6) is 5.75 Å². The molecule has 4 N–H and O–H groups in total. The number of amides is 1. The van der Waals surface area contributed by atoms with Crippen molar-refractivity contribution in [1.29, 1.82) is 0 Å². The molecule has 3 rings (SSSR count). The van der Waals surface area contributed by atoms with Crippen LogP contribution < -0.4 is 21.1 Å². The van der Waals surface area contributed by atoms with Crippen LogP contribution in [-0.2, 0) is 5.54 Å². The zero-order valence-corrected chi connectivity index (χ0v) is 15.6. The topological polar surface area (TPSA) is 107 Å². The largest absolute Gasteiger partial charge is 0.496 e. The normalized spacial score (nSPS) is 13.2. The SMILES string of the molecule is COc1ccccc1C(C)(CN)N(C)c1ncnc2c(C(N)=O)cccc12. The molecule has 1 aromatic heterocycles. The van der Waals surface area contributed by atoms with E-state index in [2.05, 4.69) is 9.97 Å². The molecule has 1 amide bonds. The molecule has 1 atom stereocenters. The van der Waals surface area contributed by atoms with E-state index in [9.17, 15) is 4.79 Å². The van der Waals surface area contributed by atoms with Crippen LogP contribution >= 0.6 is 0 Å². The molecule has 140 valence electrons. The van der Waals surface area contributed by atoms with Crippen LogP contribution in [0, 0.1) is 0 Å². The second-order valence-corrected chi connectivity index (χ2v) is 6.50. The summed E-state index contributed by atoms with van der Waals surface area (Å²) in [6, 6.07) is 13.0. The number of rotatable bonds is 6. The van der Waals surface area contributed by atoms with Gasteiger partial charge in [0.1, 0.15) is 17.9 Å². The van der Waals surface area contributed by atoms with Crippen molar-refractivity contribution < 1.29 is 9.53 Å². The molecule has 0 radical (unpaired) electrons. The number of nitrogens with zero attached hydrogens (tertiary/aromatic N) is 3. The van der Waals surface area contributed by atoms with Crippen molar-refractivity contribution in [1.82, 2.24) is 9.97 Å². The lowest BCUT2D eigenvalue weighted by molar-refractivity contribution is 0.100. The summed E-state index contributed by atoms with van der Waals surface area (Å²) in [6.45, 7) is 2.35. The highest BCUT2D eigenvalue weighted by atomic mass is 16.5. The van der Waals surface area contributed by atoms with Crippen LogP contribution in [0.15, 0.2) is 48.8 Å². The first-order valence-electron chi connectivity index (χ1n) is 8.55. The molecule has 0 aliphatic rings. The van der Waals surface area contributed by atoms with Gasteiger partial charge in [-0.05, 0) is 25.1 Å². The average Bonchev–Trinajstić information content (AvgIpc) is 2.71. The molecule has 7 heteroatoms. The summed E-state index contributed by atoms with van der Waals surface area (Å²) in [7, 11) is 3.55. The van der Waals surface area contributed by atoms with Gasteiger partial charge >= 0.3 is 0 Å². The van der Waals surface area contributed by atoms with E-state index < -0.39 is 11.4 Å². The fourth-order valence-electron chi connectivity index (χ4n) is 3.29. The highest BCUT2D eigenvalue weighted by molar-refractivity contribution is 6.07. The van der Waals surface area contributed by atoms with Gasteiger partial charge in [-0.1, -0.05) is 24.3 Å². The predicted octanol–water partition coefficient (Wildman–Crippen LogP) is 2.05. The number of methoxy groups -OCH3 is 1. The van der Waals surface area contributed by atoms with E-state index in [0.717, 1.165) is 16.7 Å². The number of hydrogen-bond acceptors (Lipinski definition) is 6. The van der Waals surface area contributed by atoms with Crippen LogP contribution in [-0.4, -0.2) is 36.6 Å². The Hall–Kier alpha value is -3.19. The van der Waals surface area contributed by atoms with Crippen LogP contribution in [0.4, 0.5) is 5.82 Å². The van der Waals surface area contributed by atoms with Gasteiger partial charge in [-0.2, -0.15) is 0 Å². The van der Waals surface area contributed by atoms with Crippen molar-refractivity contribution in [3.8, 4) is 5.75 Å². The molecule has 0 saturated carbocycles. The Labute approximate surface area is 158 Å². The molecule has 7 nitrogen and oxygen atoms in total. The number of benzene rings is 2. The molecule has 0 bridgehead atoms. The standard InChI is InChI=1S/C20H23N5O2/c1-20(11-21,15-9-4-5-10-16(15)27-3)25(2)19-14-8-6-7-13(18(22)26)17(14)23-12-24-19/h4-10,12H,11,21H2,1-3H3,(H2,22,26). The fraction of sp³-hybridized carbons (Fsp3) is 0.250. The number of hydrogen-bond donors (Lipinski definition) is 2. The molecule has 0 spiro atoms. The number of likely N-dealkylation sites (N-methyl/N-ethyl adjacent to an activating group) is 1. The van der Waals surface area contributed by atoms with Crippen molar-refractivity contribution in [2.75, 3.05) is 25.6 Å². The fourth-order valence-corrected chi connectivity index (χ4v) is 3.29. The van der Waals surface area contributed by atoms with Crippen molar-refractivity contribution in [2.24, 2.45) is 11.5 Å². The van der Waals surface area contributed by atoms with Crippen molar-refractivity contribution in [2.45, 2.75) is 12.5 Å². The predicted molar refractivity (Wildman–Crippen MR) is 106 cm³/mol. The number of carbonyl (C=O) groups excluding carboxylic acids is 1. The van der Waals surface area contributed by atoms with E-state index in [1.165, 1.54) is 6.33 Å². The van der Waals surface area contributed by atoms with Gasteiger partial charge in [0.2, 0.25) is 0 Å².